The molecule has 1 amide bonds. The molecule has 7 nitrogen and oxygen atoms in total. The van der Waals surface area contributed by atoms with E-state index in [1.165, 1.54) is 24.3 Å². The largest absolute Gasteiger partial charge is 0.466 e. The Kier molecular flexibility index (Phi) is 7.05. The number of hydrogen-bond acceptors (Lipinski definition) is 5. The van der Waals surface area contributed by atoms with Crippen LogP contribution in [0.3, 0.4) is 0 Å². The summed E-state index contributed by atoms with van der Waals surface area (Å²) in [6.07, 6.45) is 0.0731. The van der Waals surface area contributed by atoms with Gasteiger partial charge in [0.1, 0.15) is 0 Å². The molecule has 0 fully saturated rings. The number of nitrogens with zero attached hydrogens (tertiary/aromatic N) is 2. The molecule has 7 heteroatoms. The van der Waals surface area contributed by atoms with E-state index in [9.17, 15) is 19.7 Å². The number of benzene rings is 2. The lowest BCUT2D eigenvalue weighted by Gasteiger charge is -2.29. The zero-order chi connectivity index (χ0) is 19.8. The third-order valence-electron chi connectivity index (χ3n) is 4.20. The number of hydrogen-bond donors (Lipinski definition) is 0. The monoisotopic (exact) mass is 370 g/mol. The fourth-order valence-corrected chi connectivity index (χ4v) is 2.72. The van der Waals surface area contributed by atoms with Crippen LogP contribution in [0.25, 0.3) is 0 Å². The van der Waals surface area contributed by atoms with Crippen molar-refractivity contribution in [2.45, 2.75) is 26.3 Å². The molecule has 2 aromatic carbocycles. The van der Waals surface area contributed by atoms with Crippen molar-refractivity contribution in [1.29, 1.82) is 0 Å². The maximum Gasteiger partial charge on any atom is 0.307 e. The van der Waals surface area contributed by atoms with E-state index < -0.39 is 4.92 Å². The predicted octanol–water partition coefficient (Wildman–Crippen LogP) is 3.75. The van der Waals surface area contributed by atoms with Gasteiger partial charge in [-0.2, -0.15) is 0 Å². The highest BCUT2D eigenvalue weighted by molar-refractivity contribution is 5.95. The minimum absolute atomic E-state index is 0.0731. The first-order valence-corrected chi connectivity index (χ1v) is 8.70. The molecule has 0 aliphatic rings. The Hall–Kier alpha value is -3.22. The molecule has 2 aromatic rings. The van der Waals surface area contributed by atoms with Gasteiger partial charge in [0.25, 0.3) is 11.6 Å². The second-order valence-corrected chi connectivity index (χ2v) is 5.94. The standard InChI is InChI=1S/C20H22N2O5/c1-3-27-19(23)13-14-21(15(2)16-7-5-4-6-8-16)20(24)17-9-11-18(12-10-17)22(25)26/h4-12,15H,3,13-14H2,1-2H3. The summed E-state index contributed by atoms with van der Waals surface area (Å²) in [5, 5.41) is 10.8. The summed E-state index contributed by atoms with van der Waals surface area (Å²) in [7, 11) is 0. The number of rotatable bonds is 8. The average Bonchev–Trinajstić information content (AvgIpc) is 2.68. The van der Waals surface area contributed by atoms with Crippen molar-refractivity contribution < 1.29 is 19.2 Å². The summed E-state index contributed by atoms with van der Waals surface area (Å²) < 4.78 is 4.95. The van der Waals surface area contributed by atoms with Gasteiger partial charge in [0.15, 0.2) is 0 Å². The van der Waals surface area contributed by atoms with Gasteiger partial charge in [-0.1, -0.05) is 30.3 Å². The van der Waals surface area contributed by atoms with E-state index in [1.54, 1.807) is 11.8 Å². The topological polar surface area (TPSA) is 89.8 Å². The predicted molar refractivity (Wildman–Crippen MR) is 100 cm³/mol. The molecule has 0 bridgehead atoms. The van der Waals surface area contributed by atoms with Crippen molar-refractivity contribution in [3.63, 3.8) is 0 Å². The van der Waals surface area contributed by atoms with Crippen LogP contribution in [0.2, 0.25) is 0 Å². The highest BCUT2D eigenvalue weighted by Crippen LogP contribution is 2.23. The summed E-state index contributed by atoms with van der Waals surface area (Å²) in [5.41, 5.74) is 1.17. The lowest BCUT2D eigenvalue weighted by Crippen LogP contribution is -2.35. The van der Waals surface area contributed by atoms with E-state index in [1.807, 2.05) is 37.3 Å². The van der Waals surface area contributed by atoms with Gasteiger partial charge in [0, 0.05) is 24.2 Å². The highest BCUT2D eigenvalue weighted by atomic mass is 16.6. The van der Waals surface area contributed by atoms with E-state index in [4.69, 9.17) is 4.74 Å². The summed E-state index contributed by atoms with van der Waals surface area (Å²) >= 11 is 0. The Labute approximate surface area is 157 Å². The van der Waals surface area contributed by atoms with Crippen molar-refractivity contribution in [3.05, 3.63) is 75.8 Å². The number of amides is 1. The van der Waals surface area contributed by atoms with E-state index in [2.05, 4.69) is 0 Å². The minimum atomic E-state index is -0.515. The molecule has 0 radical (unpaired) electrons. The van der Waals surface area contributed by atoms with Crippen LogP contribution in [0.1, 0.15) is 42.2 Å². The molecule has 2 rings (SSSR count). The molecule has 0 N–H and O–H groups in total. The maximum absolute atomic E-state index is 13.0. The first kappa shape index (κ1) is 20.1. The van der Waals surface area contributed by atoms with Gasteiger partial charge in [-0.15, -0.1) is 0 Å². The second-order valence-electron chi connectivity index (χ2n) is 5.94. The number of non-ortho nitro benzene ring substituents is 1. The molecular formula is C20H22N2O5. The number of nitro groups is 1. The molecule has 0 aromatic heterocycles. The smallest absolute Gasteiger partial charge is 0.307 e. The Balaban J connectivity index is 2.25. The number of esters is 1. The summed E-state index contributed by atoms with van der Waals surface area (Å²) in [5.74, 6) is -0.676. The molecule has 0 heterocycles. The zero-order valence-corrected chi connectivity index (χ0v) is 15.3. The molecule has 0 aliphatic carbocycles. The number of ether oxygens (including phenoxy) is 1. The Bertz CT molecular complexity index is 790. The Morgan fingerprint density at radius 3 is 2.30 bits per heavy atom. The van der Waals surface area contributed by atoms with E-state index in [0.717, 1.165) is 5.56 Å². The quantitative estimate of drug-likeness (QED) is 0.401. The molecular weight excluding hydrogens is 348 g/mol. The van der Waals surface area contributed by atoms with Crippen molar-refractivity contribution in [3.8, 4) is 0 Å². The lowest BCUT2D eigenvalue weighted by molar-refractivity contribution is -0.384. The fourth-order valence-electron chi connectivity index (χ4n) is 2.72. The minimum Gasteiger partial charge on any atom is -0.466 e. The number of carbonyl (C=O) groups is 2. The van der Waals surface area contributed by atoms with Crippen LogP contribution in [0.15, 0.2) is 54.6 Å². The number of nitro benzene ring substituents is 1. The van der Waals surface area contributed by atoms with Crippen molar-refractivity contribution >= 4 is 17.6 Å². The van der Waals surface area contributed by atoms with Crippen LogP contribution in [-0.2, 0) is 9.53 Å². The molecule has 1 unspecified atom stereocenters. The molecule has 1 atom stereocenters. The van der Waals surface area contributed by atoms with Crippen LogP contribution in [0.5, 0.6) is 0 Å². The van der Waals surface area contributed by atoms with Crippen LogP contribution >= 0.6 is 0 Å². The van der Waals surface area contributed by atoms with Crippen molar-refractivity contribution in [2.75, 3.05) is 13.2 Å². The SMILES string of the molecule is CCOC(=O)CCN(C(=O)c1ccc([N+](=O)[O-])cc1)C(C)c1ccccc1. The van der Waals surface area contributed by atoms with Gasteiger partial charge in [0.2, 0.25) is 0 Å². The normalized spacial score (nSPS) is 11.5. The molecule has 142 valence electrons. The number of carbonyl (C=O) groups excluding carboxylic acids is 2. The second kappa shape index (κ2) is 9.47. The van der Waals surface area contributed by atoms with E-state index in [0.29, 0.717) is 5.56 Å². The molecule has 0 spiro atoms. The molecule has 0 aliphatic heterocycles. The summed E-state index contributed by atoms with van der Waals surface area (Å²) in [6, 6.07) is 14.6. The van der Waals surface area contributed by atoms with E-state index >= 15 is 0 Å². The van der Waals surface area contributed by atoms with Gasteiger partial charge in [0.05, 0.1) is 24.0 Å². The first-order chi connectivity index (χ1) is 12.9. The maximum atomic E-state index is 13.0. The van der Waals surface area contributed by atoms with E-state index in [-0.39, 0.29) is 43.2 Å². The Morgan fingerprint density at radius 2 is 1.74 bits per heavy atom. The molecule has 0 saturated carbocycles. The first-order valence-electron chi connectivity index (χ1n) is 8.70. The third kappa shape index (κ3) is 5.37. The highest BCUT2D eigenvalue weighted by Gasteiger charge is 2.24. The van der Waals surface area contributed by atoms with Crippen molar-refractivity contribution in [2.24, 2.45) is 0 Å². The van der Waals surface area contributed by atoms with Crippen LogP contribution in [-0.4, -0.2) is 34.9 Å². The van der Waals surface area contributed by atoms with Gasteiger partial charge >= 0.3 is 5.97 Å². The van der Waals surface area contributed by atoms with Crippen LogP contribution in [0.4, 0.5) is 5.69 Å². The zero-order valence-electron chi connectivity index (χ0n) is 15.3. The molecule has 27 heavy (non-hydrogen) atoms. The van der Waals surface area contributed by atoms with Gasteiger partial charge in [-0.25, -0.2) is 0 Å². The van der Waals surface area contributed by atoms with Gasteiger partial charge in [-0.3, -0.25) is 19.7 Å². The van der Waals surface area contributed by atoms with Crippen molar-refractivity contribution in [1.82, 2.24) is 4.90 Å². The van der Waals surface area contributed by atoms with Gasteiger partial charge in [-0.05, 0) is 31.5 Å². The van der Waals surface area contributed by atoms with Crippen LogP contribution < -0.4 is 0 Å². The summed E-state index contributed by atoms with van der Waals surface area (Å²) in [6.45, 7) is 4.07. The lowest BCUT2D eigenvalue weighted by atomic mass is 10.0. The Morgan fingerprint density at radius 1 is 1.11 bits per heavy atom. The van der Waals surface area contributed by atoms with Crippen LogP contribution in [0, 0.1) is 10.1 Å². The van der Waals surface area contributed by atoms with Gasteiger partial charge < -0.3 is 9.64 Å². The fraction of sp³-hybridized carbons (Fsp3) is 0.300. The molecule has 0 saturated heterocycles. The summed E-state index contributed by atoms with van der Waals surface area (Å²) in [4.78, 5) is 36.6. The average molecular weight is 370 g/mol. The third-order valence-corrected chi connectivity index (χ3v) is 4.20.